The van der Waals surface area contributed by atoms with E-state index < -0.39 is 14.6 Å². The summed E-state index contributed by atoms with van der Waals surface area (Å²) in [6.45, 7) is 4.29. The minimum Gasteiger partial charge on any atom is -0.493 e. The summed E-state index contributed by atoms with van der Waals surface area (Å²) < 4.78 is 33.0. The van der Waals surface area contributed by atoms with E-state index in [1.807, 2.05) is 18.2 Å². The topological polar surface area (TPSA) is 64.6 Å². The first-order valence-corrected chi connectivity index (χ1v) is 8.22. The van der Waals surface area contributed by atoms with Crippen LogP contribution in [0.25, 0.3) is 0 Å². The first kappa shape index (κ1) is 16.8. The molecule has 0 saturated carbocycles. The molecule has 0 aliphatic carbocycles. The molecule has 5 nitrogen and oxygen atoms in total. The number of hydrogen-bond acceptors (Lipinski definition) is 5. The van der Waals surface area contributed by atoms with Crippen LogP contribution in [0.2, 0.25) is 0 Å². The summed E-state index contributed by atoms with van der Waals surface area (Å²) in [7, 11) is 0.0665. The van der Waals surface area contributed by atoms with Crippen LogP contribution in [0.1, 0.15) is 19.4 Å². The maximum atomic E-state index is 11.6. The molecule has 1 rings (SSSR count). The van der Waals surface area contributed by atoms with Gasteiger partial charge in [0, 0.05) is 24.9 Å². The largest absolute Gasteiger partial charge is 0.493 e. The number of sulfone groups is 1. The van der Waals surface area contributed by atoms with Crippen LogP contribution in [0.5, 0.6) is 11.5 Å². The van der Waals surface area contributed by atoms with Gasteiger partial charge in [-0.15, -0.1) is 0 Å². The molecule has 0 spiro atoms. The predicted molar refractivity (Wildman–Crippen MR) is 80.2 cm³/mol. The van der Waals surface area contributed by atoms with Gasteiger partial charge in [-0.3, -0.25) is 0 Å². The van der Waals surface area contributed by atoms with Crippen LogP contribution in [0.15, 0.2) is 18.2 Å². The highest BCUT2D eigenvalue weighted by Gasteiger charge is 2.29. The molecule has 1 N–H and O–H groups in total. The second-order valence-electron chi connectivity index (χ2n) is 5.29. The zero-order chi connectivity index (χ0) is 15.4. The molecule has 0 aromatic heterocycles. The Hall–Kier alpha value is -1.27. The van der Waals surface area contributed by atoms with Gasteiger partial charge in [0.05, 0.1) is 19.0 Å². The number of ether oxygens (including phenoxy) is 2. The van der Waals surface area contributed by atoms with Gasteiger partial charge in [0.15, 0.2) is 21.3 Å². The van der Waals surface area contributed by atoms with E-state index in [2.05, 4.69) is 5.32 Å². The minimum atomic E-state index is -3.10. The van der Waals surface area contributed by atoms with Crippen molar-refractivity contribution in [1.29, 1.82) is 0 Å². The SMILES string of the molecule is COc1cccc(CNCC(C)(C)S(C)(=O)=O)c1OC. The van der Waals surface area contributed by atoms with E-state index in [0.29, 0.717) is 24.6 Å². The molecule has 0 unspecified atom stereocenters. The highest BCUT2D eigenvalue weighted by Crippen LogP contribution is 2.30. The van der Waals surface area contributed by atoms with Crippen molar-refractivity contribution in [3.63, 3.8) is 0 Å². The van der Waals surface area contributed by atoms with Crippen molar-refractivity contribution in [3.05, 3.63) is 23.8 Å². The third-order valence-corrected chi connectivity index (χ3v) is 5.51. The molecule has 0 radical (unpaired) electrons. The summed E-state index contributed by atoms with van der Waals surface area (Å²) in [6, 6.07) is 5.62. The van der Waals surface area contributed by atoms with E-state index in [9.17, 15) is 8.42 Å². The summed E-state index contributed by atoms with van der Waals surface area (Å²) in [5, 5.41) is 3.16. The number of para-hydroxylation sites is 1. The number of hydrogen-bond donors (Lipinski definition) is 1. The molecule has 114 valence electrons. The molecule has 20 heavy (non-hydrogen) atoms. The van der Waals surface area contributed by atoms with Crippen LogP contribution in [0.3, 0.4) is 0 Å². The fourth-order valence-corrected chi connectivity index (χ4v) is 2.09. The zero-order valence-electron chi connectivity index (χ0n) is 12.7. The third kappa shape index (κ3) is 3.86. The lowest BCUT2D eigenvalue weighted by Crippen LogP contribution is -2.41. The summed E-state index contributed by atoms with van der Waals surface area (Å²) in [4.78, 5) is 0. The van der Waals surface area contributed by atoms with Crippen LogP contribution in [-0.2, 0) is 16.4 Å². The molecule has 0 aliphatic heterocycles. The molecule has 0 fully saturated rings. The lowest BCUT2D eigenvalue weighted by molar-refractivity contribution is 0.350. The molecule has 1 aromatic carbocycles. The van der Waals surface area contributed by atoms with Gasteiger partial charge in [0.1, 0.15) is 0 Å². The Morgan fingerprint density at radius 3 is 2.35 bits per heavy atom. The Morgan fingerprint density at radius 1 is 1.20 bits per heavy atom. The summed E-state index contributed by atoms with van der Waals surface area (Å²) >= 11 is 0. The van der Waals surface area contributed by atoms with Crippen LogP contribution >= 0.6 is 0 Å². The van der Waals surface area contributed by atoms with E-state index in [4.69, 9.17) is 9.47 Å². The standard InChI is InChI=1S/C14H23NO4S/c1-14(2,20(5,16)17)10-15-9-11-7-6-8-12(18-3)13(11)19-4/h6-8,15H,9-10H2,1-5H3. The van der Waals surface area contributed by atoms with Crippen LogP contribution < -0.4 is 14.8 Å². The van der Waals surface area contributed by atoms with Crippen LogP contribution in [0, 0.1) is 0 Å². The van der Waals surface area contributed by atoms with Crippen molar-refractivity contribution < 1.29 is 17.9 Å². The second-order valence-corrected chi connectivity index (χ2v) is 7.94. The lowest BCUT2D eigenvalue weighted by atomic mass is 10.1. The molecule has 0 heterocycles. The van der Waals surface area contributed by atoms with Gasteiger partial charge in [0.25, 0.3) is 0 Å². The van der Waals surface area contributed by atoms with Crippen LogP contribution in [0.4, 0.5) is 0 Å². The van der Waals surface area contributed by atoms with Crippen molar-refractivity contribution in [2.45, 2.75) is 25.1 Å². The van der Waals surface area contributed by atoms with Gasteiger partial charge < -0.3 is 14.8 Å². The predicted octanol–water partition coefficient (Wildman–Crippen LogP) is 1.62. The average molecular weight is 301 g/mol. The zero-order valence-corrected chi connectivity index (χ0v) is 13.5. The van der Waals surface area contributed by atoms with Crippen molar-refractivity contribution in [3.8, 4) is 11.5 Å². The number of methoxy groups -OCH3 is 2. The van der Waals surface area contributed by atoms with E-state index in [0.717, 1.165) is 5.56 Å². The van der Waals surface area contributed by atoms with Gasteiger partial charge in [-0.05, 0) is 19.9 Å². The quantitative estimate of drug-likeness (QED) is 0.829. The molecule has 0 bridgehead atoms. The fraction of sp³-hybridized carbons (Fsp3) is 0.571. The van der Waals surface area contributed by atoms with Crippen molar-refractivity contribution in [1.82, 2.24) is 5.32 Å². The fourth-order valence-electron chi connectivity index (χ4n) is 1.72. The Balaban J connectivity index is 2.77. The smallest absolute Gasteiger partial charge is 0.165 e. The molecule has 1 aromatic rings. The number of rotatable bonds is 7. The first-order chi connectivity index (χ1) is 9.23. The Kier molecular flexibility index (Phi) is 5.42. The minimum absolute atomic E-state index is 0.367. The average Bonchev–Trinajstić information content (AvgIpc) is 2.36. The second kappa shape index (κ2) is 6.45. The molecule has 0 atom stereocenters. The van der Waals surface area contributed by atoms with Crippen molar-refractivity contribution in [2.24, 2.45) is 0 Å². The van der Waals surface area contributed by atoms with Crippen LogP contribution in [-0.4, -0.2) is 40.2 Å². The highest BCUT2D eigenvalue weighted by molar-refractivity contribution is 7.92. The number of nitrogens with one attached hydrogen (secondary N) is 1. The van der Waals surface area contributed by atoms with Gasteiger partial charge in [0.2, 0.25) is 0 Å². The summed E-state index contributed by atoms with van der Waals surface area (Å²) in [5.74, 6) is 1.33. The monoisotopic (exact) mass is 301 g/mol. The molecule has 6 heteroatoms. The third-order valence-electron chi connectivity index (χ3n) is 3.35. The van der Waals surface area contributed by atoms with Gasteiger partial charge in [-0.1, -0.05) is 12.1 Å². The number of benzene rings is 1. The summed E-state index contributed by atoms with van der Waals surface area (Å²) in [5.41, 5.74) is 0.927. The Morgan fingerprint density at radius 2 is 1.85 bits per heavy atom. The van der Waals surface area contributed by atoms with Crippen molar-refractivity contribution >= 4 is 9.84 Å². The molecule has 0 amide bonds. The highest BCUT2D eigenvalue weighted by atomic mass is 32.2. The molecular weight excluding hydrogens is 278 g/mol. The van der Waals surface area contributed by atoms with Gasteiger partial charge in [-0.25, -0.2) is 8.42 Å². The molecule has 0 saturated heterocycles. The first-order valence-electron chi connectivity index (χ1n) is 6.33. The van der Waals surface area contributed by atoms with E-state index in [-0.39, 0.29) is 0 Å². The van der Waals surface area contributed by atoms with E-state index >= 15 is 0 Å². The van der Waals surface area contributed by atoms with Crippen molar-refractivity contribution in [2.75, 3.05) is 27.0 Å². The Labute approximate surface area is 121 Å². The lowest BCUT2D eigenvalue weighted by Gasteiger charge is -2.23. The molecule has 0 aliphatic rings. The van der Waals surface area contributed by atoms with Gasteiger partial charge >= 0.3 is 0 Å². The Bertz CT molecular complexity index is 552. The normalized spacial score (nSPS) is 12.2. The summed E-state index contributed by atoms with van der Waals surface area (Å²) in [6.07, 6.45) is 1.25. The molecular formula is C14H23NO4S. The van der Waals surface area contributed by atoms with E-state index in [1.165, 1.54) is 6.26 Å². The maximum Gasteiger partial charge on any atom is 0.165 e. The van der Waals surface area contributed by atoms with Gasteiger partial charge in [-0.2, -0.15) is 0 Å². The van der Waals surface area contributed by atoms with E-state index in [1.54, 1.807) is 28.1 Å². The maximum absolute atomic E-state index is 11.6.